The second-order valence-electron chi connectivity index (χ2n) is 7.37. The van der Waals surface area contributed by atoms with E-state index in [4.69, 9.17) is 21.3 Å². The molecule has 1 aromatic rings. The van der Waals surface area contributed by atoms with E-state index in [1.165, 1.54) is 0 Å². The Labute approximate surface area is 168 Å². The predicted octanol–water partition coefficient (Wildman–Crippen LogP) is 4.43. The van der Waals surface area contributed by atoms with Crippen LogP contribution in [0.5, 0.6) is 0 Å². The first-order valence-electron chi connectivity index (χ1n) is 9.38. The Balaban J connectivity index is 1.50. The molecule has 6 heteroatoms. The van der Waals surface area contributed by atoms with E-state index < -0.39 is 5.92 Å². The molecule has 1 saturated heterocycles. The minimum absolute atomic E-state index is 0.0411. The maximum atomic E-state index is 13.0. The summed E-state index contributed by atoms with van der Waals surface area (Å²) in [5.74, 6) is -0.446. The molecule has 1 fully saturated rings. The molecule has 1 aromatic carbocycles. The third-order valence-electron chi connectivity index (χ3n) is 5.50. The van der Waals surface area contributed by atoms with Crippen molar-refractivity contribution in [2.45, 2.75) is 36.8 Å². The third-order valence-corrected chi connectivity index (χ3v) is 7.03. The lowest BCUT2D eigenvalue weighted by Gasteiger charge is -2.22. The number of rotatable bonds is 4. The summed E-state index contributed by atoms with van der Waals surface area (Å²) in [6.07, 6.45) is 4.16. The van der Waals surface area contributed by atoms with E-state index >= 15 is 0 Å². The Morgan fingerprint density at radius 2 is 1.89 bits per heavy atom. The van der Waals surface area contributed by atoms with Crippen molar-refractivity contribution in [1.82, 2.24) is 0 Å². The largest absolute Gasteiger partial charge is 0.381 e. The van der Waals surface area contributed by atoms with E-state index in [2.05, 4.69) is 0 Å². The third kappa shape index (κ3) is 3.91. The maximum Gasteiger partial charge on any atom is 0.175 e. The predicted molar refractivity (Wildman–Crippen MR) is 108 cm³/mol. The van der Waals surface area contributed by atoms with E-state index in [1.54, 1.807) is 17.8 Å². The van der Waals surface area contributed by atoms with Gasteiger partial charge < -0.3 is 4.74 Å². The summed E-state index contributed by atoms with van der Waals surface area (Å²) >= 11 is 7.64. The monoisotopic (exact) mass is 403 g/mol. The Bertz CT molecular complexity index is 811. The first kappa shape index (κ1) is 18.9. The van der Waals surface area contributed by atoms with Crippen molar-refractivity contribution >= 4 is 40.6 Å². The second kappa shape index (κ2) is 7.90. The summed E-state index contributed by atoms with van der Waals surface area (Å²) in [4.78, 5) is 30.4. The molecule has 2 heterocycles. The SMILES string of the molecule is CC1SC(c2ccc(Cl)cc2)N=C1C1C(=O)C=C(CC2CCOCC2)C1=O. The van der Waals surface area contributed by atoms with Crippen molar-refractivity contribution in [3.05, 3.63) is 46.5 Å². The number of allylic oxidation sites excluding steroid dienone is 2. The van der Waals surface area contributed by atoms with Crippen molar-refractivity contribution in [3.63, 3.8) is 0 Å². The van der Waals surface area contributed by atoms with Gasteiger partial charge in [0.1, 0.15) is 11.3 Å². The zero-order valence-electron chi connectivity index (χ0n) is 15.2. The number of ether oxygens (including phenoxy) is 1. The van der Waals surface area contributed by atoms with Gasteiger partial charge in [0.05, 0.1) is 0 Å². The number of hydrogen-bond donors (Lipinski definition) is 0. The van der Waals surface area contributed by atoms with E-state index in [0.29, 0.717) is 28.6 Å². The average Bonchev–Trinajstić information content (AvgIpc) is 3.16. The van der Waals surface area contributed by atoms with Gasteiger partial charge in [0.25, 0.3) is 0 Å². The van der Waals surface area contributed by atoms with E-state index in [-0.39, 0.29) is 22.2 Å². The van der Waals surface area contributed by atoms with Crippen LogP contribution in [-0.2, 0) is 14.3 Å². The Hall–Kier alpha value is -1.43. The molecule has 4 rings (SSSR count). The number of thioether (sulfide) groups is 1. The van der Waals surface area contributed by atoms with Crippen molar-refractivity contribution < 1.29 is 14.3 Å². The van der Waals surface area contributed by atoms with Crippen molar-refractivity contribution in [2.24, 2.45) is 16.8 Å². The second-order valence-corrected chi connectivity index (χ2v) is 9.23. The highest BCUT2D eigenvalue weighted by Gasteiger charge is 2.43. The molecule has 3 atom stereocenters. The molecule has 0 radical (unpaired) electrons. The number of nitrogens with zero attached hydrogens (tertiary/aromatic N) is 1. The number of carbonyl (C=O) groups is 2. The molecule has 1 aliphatic carbocycles. The molecule has 0 spiro atoms. The summed E-state index contributed by atoms with van der Waals surface area (Å²) in [5, 5.41) is 0.633. The van der Waals surface area contributed by atoms with Crippen LogP contribution < -0.4 is 0 Å². The van der Waals surface area contributed by atoms with Crippen LogP contribution in [-0.4, -0.2) is 35.7 Å². The lowest BCUT2D eigenvalue weighted by molar-refractivity contribution is -0.123. The van der Waals surface area contributed by atoms with Crippen LogP contribution >= 0.6 is 23.4 Å². The molecule has 3 unspecified atom stereocenters. The van der Waals surface area contributed by atoms with Gasteiger partial charge in [-0.1, -0.05) is 23.7 Å². The lowest BCUT2D eigenvalue weighted by Crippen LogP contribution is -2.31. The topological polar surface area (TPSA) is 55.7 Å². The van der Waals surface area contributed by atoms with Gasteiger partial charge in [-0.2, -0.15) is 0 Å². The van der Waals surface area contributed by atoms with Gasteiger partial charge in [-0.25, -0.2) is 0 Å². The van der Waals surface area contributed by atoms with Gasteiger partial charge in [-0.15, -0.1) is 11.8 Å². The first-order valence-corrected chi connectivity index (χ1v) is 10.7. The smallest absolute Gasteiger partial charge is 0.175 e. The van der Waals surface area contributed by atoms with Gasteiger partial charge in [-0.05, 0) is 55.9 Å². The fourth-order valence-corrected chi connectivity index (χ4v) is 5.31. The number of aliphatic imine (C=N–C) groups is 1. The van der Waals surface area contributed by atoms with Gasteiger partial charge in [0.15, 0.2) is 11.6 Å². The minimum atomic E-state index is -0.723. The van der Waals surface area contributed by atoms with E-state index in [0.717, 1.165) is 31.6 Å². The van der Waals surface area contributed by atoms with Crippen molar-refractivity contribution in [2.75, 3.05) is 13.2 Å². The van der Waals surface area contributed by atoms with Crippen LogP contribution in [0.15, 0.2) is 40.9 Å². The zero-order valence-corrected chi connectivity index (χ0v) is 16.8. The average molecular weight is 404 g/mol. The van der Waals surface area contributed by atoms with E-state index in [1.807, 2.05) is 31.2 Å². The molecular formula is C21H22ClNO3S. The summed E-state index contributed by atoms with van der Waals surface area (Å²) in [6.45, 7) is 3.51. The van der Waals surface area contributed by atoms with Crippen molar-refractivity contribution in [1.29, 1.82) is 0 Å². The number of halogens is 1. The van der Waals surface area contributed by atoms with Crippen LogP contribution in [0, 0.1) is 11.8 Å². The number of Topliss-reactive ketones (excluding diaryl/α,β-unsaturated/α-hetero) is 1. The van der Waals surface area contributed by atoms with Gasteiger partial charge in [0, 0.05) is 34.8 Å². The van der Waals surface area contributed by atoms with Gasteiger partial charge in [0.2, 0.25) is 0 Å². The first-order chi connectivity index (χ1) is 13.0. The molecule has 4 nitrogen and oxygen atoms in total. The minimum Gasteiger partial charge on any atom is -0.381 e. The van der Waals surface area contributed by atoms with Crippen LogP contribution in [0.4, 0.5) is 0 Å². The molecule has 0 bridgehead atoms. The van der Waals surface area contributed by atoms with E-state index in [9.17, 15) is 9.59 Å². The quantitative estimate of drug-likeness (QED) is 0.698. The van der Waals surface area contributed by atoms with Crippen LogP contribution in [0.3, 0.4) is 0 Å². The molecule has 2 aliphatic heterocycles. The van der Waals surface area contributed by atoms with Crippen molar-refractivity contribution in [3.8, 4) is 0 Å². The maximum absolute atomic E-state index is 13.0. The molecule has 27 heavy (non-hydrogen) atoms. The highest BCUT2D eigenvalue weighted by Crippen LogP contribution is 2.43. The highest BCUT2D eigenvalue weighted by atomic mass is 35.5. The number of hydrogen-bond acceptors (Lipinski definition) is 5. The Kier molecular flexibility index (Phi) is 5.53. The summed E-state index contributed by atoms with van der Waals surface area (Å²) < 4.78 is 5.39. The lowest BCUT2D eigenvalue weighted by atomic mass is 9.89. The highest BCUT2D eigenvalue weighted by molar-refractivity contribution is 8.01. The number of ketones is 2. The molecule has 0 saturated carbocycles. The molecule has 0 N–H and O–H groups in total. The standard InChI is InChI=1S/C21H22ClNO3S/c1-12-19(23-21(27-12)14-2-4-16(22)5-3-14)18-17(24)11-15(20(18)25)10-13-6-8-26-9-7-13/h2-5,11-13,18,21H,6-10H2,1H3. The summed E-state index contributed by atoms with van der Waals surface area (Å²) in [7, 11) is 0. The fourth-order valence-electron chi connectivity index (χ4n) is 3.97. The molecule has 3 aliphatic rings. The molecule has 0 aromatic heterocycles. The van der Waals surface area contributed by atoms with Crippen LogP contribution in [0.25, 0.3) is 0 Å². The number of benzene rings is 1. The van der Waals surface area contributed by atoms with Crippen LogP contribution in [0.1, 0.15) is 37.1 Å². The Morgan fingerprint density at radius 1 is 1.19 bits per heavy atom. The van der Waals surface area contributed by atoms with Gasteiger partial charge >= 0.3 is 0 Å². The molecule has 0 amide bonds. The Morgan fingerprint density at radius 3 is 2.59 bits per heavy atom. The normalized spacial score (nSPS) is 29.2. The molecular weight excluding hydrogens is 382 g/mol. The van der Waals surface area contributed by atoms with Crippen LogP contribution in [0.2, 0.25) is 5.02 Å². The van der Waals surface area contributed by atoms with Gasteiger partial charge in [-0.3, -0.25) is 14.6 Å². The molecule has 142 valence electrons. The fraction of sp³-hybridized carbons (Fsp3) is 0.476. The summed E-state index contributed by atoms with van der Waals surface area (Å²) in [5.41, 5.74) is 2.43. The summed E-state index contributed by atoms with van der Waals surface area (Å²) in [6, 6.07) is 7.59. The number of carbonyl (C=O) groups excluding carboxylic acids is 2. The zero-order chi connectivity index (χ0) is 19.0.